The van der Waals surface area contributed by atoms with Crippen LogP contribution >= 0.6 is 11.6 Å². The van der Waals surface area contributed by atoms with Crippen molar-refractivity contribution in [3.05, 3.63) is 17.0 Å². The van der Waals surface area contributed by atoms with Crippen molar-refractivity contribution in [2.45, 2.75) is 13.0 Å². The Morgan fingerprint density at radius 1 is 1.50 bits per heavy atom. The summed E-state index contributed by atoms with van der Waals surface area (Å²) in [6.07, 6.45) is -2.53. The molecule has 0 radical (unpaired) electrons. The van der Waals surface area contributed by atoms with Gasteiger partial charge in [0, 0.05) is 19.7 Å². The normalized spacial score (nSPS) is 11.0. The van der Waals surface area contributed by atoms with Gasteiger partial charge in [-0.1, -0.05) is 11.6 Å². The maximum absolute atomic E-state index is 12.4. The average Bonchev–Trinajstić information content (AvgIpc) is 2.27. The van der Waals surface area contributed by atoms with Gasteiger partial charge in [-0.15, -0.1) is 0 Å². The molecule has 0 atom stereocenters. The molecule has 1 rings (SSSR count). The van der Waals surface area contributed by atoms with E-state index in [0.29, 0.717) is 5.82 Å². The summed E-state index contributed by atoms with van der Waals surface area (Å²) >= 11 is 5.78. The number of hydrogen-bond acceptors (Lipinski definition) is 5. The predicted octanol–water partition coefficient (Wildman–Crippen LogP) is 1.34. The molecule has 102 valence electrons. The molecule has 1 aromatic rings. The summed E-state index contributed by atoms with van der Waals surface area (Å²) in [7, 11) is 1.47. The molecular weight excluding hydrogens is 268 g/mol. The first-order valence-electron chi connectivity index (χ1n) is 5.23. The second-order valence-corrected chi connectivity index (χ2v) is 3.85. The van der Waals surface area contributed by atoms with Gasteiger partial charge in [0.05, 0.1) is 13.2 Å². The number of anilines is 1. The number of aliphatic hydroxyl groups excluding tert-OH is 1. The largest absolute Gasteiger partial charge is 0.395 e. The molecule has 1 heterocycles. The SMILES string of the molecule is COCc1nc(Cl)cc(N(CCO)CC(F)F)n1. The van der Waals surface area contributed by atoms with Crippen LogP contribution in [-0.2, 0) is 11.3 Å². The molecule has 5 nitrogen and oxygen atoms in total. The quantitative estimate of drug-likeness (QED) is 0.765. The van der Waals surface area contributed by atoms with Crippen LogP contribution in [0.4, 0.5) is 14.6 Å². The molecule has 0 aliphatic heterocycles. The molecule has 18 heavy (non-hydrogen) atoms. The van der Waals surface area contributed by atoms with Gasteiger partial charge in [-0.3, -0.25) is 0 Å². The number of halogens is 3. The van der Waals surface area contributed by atoms with Gasteiger partial charge in [0.25, 0.3) is 6.43 Å². The number of aromatic nitrogens is 2. The van der Waals surface area contributed by atoms with E-state index in [-0.39, 0.29) is 30.7 Å². The molecule has 0 amide bonds. The third-order valence-corrected chi connectivity index (χ3v) is 2.25. The van der Waals surface area contributed by atoms with Crippen molar-refractivity contribution < 1.29 is 18.6 Å². The highest BCUT2D eigenvalue weighted by Crippen LogP contribution is 2.17. The molecule has 0 saturated heterocycles. The highest BCUT2D eigenvalue weighted by Gasteiger charge is 2.15. The van der Waals surface area contributed by atoms with E-state index in [1.807, 2.05) is 0 Å². The molecule has 0 unspecified atom stereocenters. The zero-order valence-corrected chi connectivity index (χ0v) is 10.6. The second-order valence-electron chi connectivity index (χ2n) is 3.46. The van der Waals surface area contributed by atoms with Crippen LogP contribution in [-0.4, -0.2) is 48.3 Å². The Bertz CT molecular complexity index is 382. The number of rotatable bonds is 7. The molecule has 1 aromatic heterocycles. The maximum Gasteiger partial charge on any atom is 0.255 e. The van der Waals surface area contributed by atoms with E-state index >= 15 is 0 Å². The van der Waals surface area contributed by atoms with Gasteiger partial charge >= 0.3 is 0 Å². The molecule has 0 aliphatic rings. The molecule has 0 spiro atoms. The van der Waals surface area contributed by atoms with Crippen molar-refractivity contribution in [2.75, 3.05) is 31.7 Å². The minimum Gasteiger partial charge on any atom is -0.395 e. The Morgan fingerprint density at radius 2 is 2.22 bits per heavy atom. The Kier molecular flexibility index (Phi) is 6.17. The zero-order valence-electron chi connectivity index (χ0n) is 9.81. The Balaban J connectivity index is 2.95. The average molecular weight is 282 g/mol. The van der Waals surface area contributed by atoms with Crippen molar-refractivity contribution in [2.24, 2.45) is 0 Å². The molecule has 0 fully saturated rings. The van der Waals surface area contributed by atoms with Crippen LogP contribution in [0.15, 0.2) is 6.07 Å². The summed E-state index contributed by atoms with van der Waals surface area (Å²) in [5.41, 5.74) is 0. The van der Waals surface area contributed by atoms with Crippen LogP contribution in [0.2, 0.25) is 5.15 Å². The highest BCUT2D eigenvalue weighted by atomic mass is 35.5. The molecule has 0 aliphatic carbocycles. The number of hydrogen-bond donors (Lipinski definition) is 1. The molecule has 0 bridgehead atoms. The monoisotopic (exact) mass is 281 g/mol. The van der Waals surface area contributed by atoms with E-state index in [9.17, 15) is 8.78 Å². The van der Waals surface area contributed by atoms with Crippen LogP contribution in [0.3, 0.4) is 0 Å². The second kappa shape index (κ2) is 7.40. The van der Waals surface area contributed by atoms with Crippen LogP contribution in [0.1, 0.15) is 5.82 Å². The lowest BCUT2D eigenvalue weighted by molar-refractivity contribution is 0.152. The van der Waals surface area contributed by atoms with Gasteiger partial charge < -0.3 is 14.7 Å². The van der Waals surface area contributed by atoms with Gasteiger partial charge in [0.2, 0.25) is 0 Å². The van der Waals surface area contributed by atoms with Crippen molar-refractivity contribution in [3.63, 3.8) is 0 Å². The standard InChI is InChI=1S/C10H14ClF2N3O2/c1-18-6-9-14-7(11)4-10(15-9)16(2-3-17)5-8(12)13/h4,8,17H,2-3,5-6H2,1H3. The lowest BCUT2D eigenvalue weighted by Crippen LogP contribution is -2.32. The van der Waals surface area contributed by atoms with E-state index < -0.39 is 13.0 Å². The lowest BCUT2D eigenvalue weighted by atomic mass is 10.4. The van der Waals surface area contributed by atoms with Crippen LogP contribution in [0.25, 0.3) is 0 Å². The number of methoxy groups -OCH3 is 1. The summed E-state index contributed by atoms with van der Waals surface area (Å²) in [4.78, 5) is 9.20. The molecule has 0 aromatic carbocycles. The number of alkyl halides is 2. The minimum atomic E-state index is -2.53. The molecule has 1 N–H and O–H groups in total. The van der Waals surface area contributed by atoms with Gasteiger partial charge in [-0.05, 0) is 0 Å². The first kappa shape index (κ1) is 15.0. The summed E-state index contributed by atoms with van der Waals surface area (Å²) in [6, 6.07) is 1.37. The first-order valence-corrected chi connectivity index (χ1v) is 5.61. The summed E-state index contributed by atoms with van der Waals surface area (Å²) < 4.78 is 29.7. The third kappa shape index (κ3) is 4.67. The zero-order chi connectivity index (χ0) is 13.5. The number of ether oxygens (including phenoxy) is 1. The van der Waals surface area contributed by atoms with E-state index in [2.05, 4.69) is 9.97 Å². The summed E-state index contributed by atoms with van der Waals surface area (Å²) in [5.74, 6) is 0.550. The highest BCUT2D eigenvalue weighted by molar-refractivity contribution is 6.29. The number of aliphatic hydroxyl groups is 1. The molecular formula is C10H14ClF2N3O2. The molecule has 0 saturated carbocycles. The van der Waals surface area contributed by atoms with E-state index in [0.717, 1.165) is 0 Å². The third-order valence-electron chi connectivity index (χ3n) is 2.05. The maximum atomic E-state index is 12.4. The summed E-state index contributed by atoms with van der Waals surface area (Å²) in [5, 5.41) is 9.01. The Hall–Kier alpha value is -1.05. The van der Waals surface area contributed by atoms with Gasteiger partial charge in [-0.2, -0.15) is 0 Å². The minimum absolute atomic E-state index is 0.0457. The Morgan fingerprint density at radius 3 is 2.78 bits per heavy atom. The first-order chi connectivity index (χ1) is 8.56. The number of nitrogens with zero attached hydrogens (tertiary/aromatic N) is 3. The van der Waals surface area contributed by atoms with Crippen LogP contribution in [0, 0.1) is 0 Å². The van der Waals surface area contributed by atoms with Crippen LogP contribution in [0.5, 0.6) is 0 Å². The lowest BCUT2D eigenvalue weighted by Gasteiger charge is -2.22. The van der Waals surface area contributed by atoms with Crippen molar-refractivity contribution in [3.8, 4) is 0 Å². The summed E-state index contributed by atoms with van der Waals surface area (Å²) in [6.45, 7) is -0.604. The fourth-order valence-electron chi connectivity index (χ4n) is 1.39. The van der Waals surface area contributed by atoms with Crippen molar-refractivity contribution in [1.29, 1.82) is 0 Å². The fraction of sp³-hybridized carbons (Fsp3) is 0.600. The Labute approximate surface area is 108 Å². The predicted molar refractivity (Wildman–Crippen MR) is 63.1 cm³/mol. The van der Waals surface area contributed by atoms with E-state index in [1.54, 1.807) is 0 Å². The van der Waals surface area contributed by atoms with Crippen LogP contribution < -0.4 is 4.90 Å². The van der Waals surface area contributed by atoms with Crippen molar-refractivity contribution in [1.82, 2.24) is 9.97 Å². The van der Waals surface area contributed by atoms with Gasteiger partial charge in [-0.25, -0.2) is 18.7 Å². The van der Waals surface area contributed by atoms with Gasteiger partial charge in [0.15, 0.2) is 5.82 Å². The van der Waals surface area contributed by atoms with Crippen molar-refractivity contribution >= 4 is 17.4 Å². The topological polar surface area (TPSA) is 58.5 Å². The smallest absolute Gasteiger partial charge is 0.255 e. The van der Waals surface area contributed by atoms with E-state index in [4.69, 9.17) is 21.4 Å². The van der Waals surface area contributed by atoms with Gasteiger partial charge in [0.1, 0.15) is 17.6 Å². The fourth-order valence-corrected chi connectivity index (χ4v) is 1.59. The molecule has 8 heteroatoms. The van der Waals surface area contributed by atoms with E-state index in [1.165, 1.54) is 18.1 Å².